The van der Waals surface area contributed by atoms with E-state index in [1.807, 2.05) is 19.2 Å². The summed E-state index contributed by atoms with van der Waals surface area (Å²) in [6.45, 7) is 3.59. The van der Waals surface area contributed by atoms with Gasteiger partial charge in [0.2, 0.25) is 0 Å². The van der Waals surface area contributed by atoms with Crippen molar-refractivity contribution in [2.75, 3.05) is 29.7 Å². The molecule has 19 heavy (non-hydrogen) atoms. The molecule has 1 fully saturated rings. The van der Waals surface area contributed by atoms with E-state index in [4.69, 9.17) is 5.84 Å². The Labute approximate surface area is 117 Å². The zero-order valence-electron chi connectivity index (χ0n) is 11.4. The summed E-state index contributed by atoms with van der Waals surface area (Å²) in [5, 5.41) is 10.8. The van der Waals surface area contributed by atoms with Crippen molar-refractivity contribution in [3.63, 3.8) is 0 Å². The normalized spacial score (nSPS) is 24.1. The molecule has 106 valence electrons. The van der Waals surface area contributed by atoms with Crippen molar-refractivity contribution in [1.29, 1.82) is 0 Å². The van der Waals surface area contributed by atoms with E-state index in [2.05, 4.69) is 20.3 Å². The van der Waals surface area contributed by atoms with E-state index in [-0.39, 0.29) is 0 Å². The highest BCUT2D eigenvalue weighted by atomic mass is 32.2. The van der Waals surface area contributed by atoms with Crippen LogP contribution in [-0.4, -0.2) is 40.0 Å². The monoisotopic (exact) mass is 283 g/mol. The predicted molar refractivity (Wildman–Crippen MR) is 78.3 cm³/mol. The Balaban J connectivity index is 2.21. The highest BCUT2D eigenvalue weighted by molar-refractivity contribution is 7.98. The molecule has 1 saturated heterocycles. The fourth-order valence-corrected chi connectivity index (χ4v) is 2.61. The van der Waals surface area contributed by atoms with Crippen LogP contribution in [0.2, 0.25) is 0 Å². The molecule has 2 rings (SSSR count). The number of aromatic nitrogens is 2. The SMILES string of the molecule is CSc1nc(NN)cc(N2CCCC(C)(O)CC2)n1. The van der Waals surface area contributed by atoms with Gasteiger partial charge >= 0.3 is 0 Å². The van der Waals surface area contributed by atoms with Gasteiger partial charge in [0.15, 0.2) is 5.16 Å². The maximum atomic E-state index is 10.1. The second-order valence-electron chi connectivity index (χ2n) is 5.08. The van der Waals surface area contributed by atoms with Gasteiger partial charge < -0.3 is 15.4 Å². The first-order valence-electron chi connectivity index (χ1n) is 6.41. The molecule has 1 atom stereocenters. The first kappa shape index (κ1) is 14.4. The lowest BCUT2D eigenvalue weighted by Crippen LogP contribution is -2.29. The number of hydrogen-bond donors (Lipinski definition) is 3. The van der Waals surface area contributed by atoms with E-state index in [1.54, 1.807) is 0 Å². The van der Waals surface area contributed by atoms with E-state index in [1.165, 1.54) is 11.8 Å². The number of hydrogen-bond acceptors (Lipinski definition) is 7. The number of nitrogens with one attached hydrogen (secondary N) is 1. The number of thioether (sulfide) groups is 1. The second kappa shape index (κ2) is 5.94. The van der Waals surface area contributed by atoms with Gasteiger partial charge in [-0.2, -0.15) is 0 Å². The quantitative estimate of drug-likeness (QED) is 0.333. The third-order valence-corrected chi connectivity index (χ3v) is 3.96. The van der Waals surface area contributed by atoms with Crippen molar-refractivity contribution in [2.24, 2.45) is 5.84 Å². The Morgan fingerprint density at radius 1 is 1.42 bits per heavy atom. The zero-order chi connectivity index (χ0) is 13.9. The Hall–Kier alpha value is -1.05. The molecule has 1 aliphatic heterocycles. The molecule has 1 aromatic heterocycles. The van der Waals surface area contributed by atoms with Crippen LogP contribution in [0.3, 0.4) is 0 Å². The number of nitrogens with zero attached hydrogens (tertiary/aromatic N) is 3. The Bertz CT molecular complexity index is 418. The third-order valence-electron chi connectivity index (χ3n) is 3.41. The van der Waals surface area contributed by atoms with Crippen LogP contribution in [0.25, 0.3) is 0 Å². The molecular weight excluding hydrogens is 262 g/mol. The summed E-state index contributed by atoms with van der Waals surface area (Å²) < 4.78 is 0. The number of rotatable bonds is 3. The minimum Gasteiger partial charge on any atom is -0.390 e. The Morgan fingerprint density at radius 3 is 2.89 bits per heavy atom. The summed E-state index contributed by atoms with van der Waals surface area (Å²) in [7, 11) is 0. The van der Waals surface area contributed by atoms with E-state index in [9.17, 15) is 5.11 Å². The maximum absolute atomic E-state index is 10.1. The highest BCUT2D eigenvalue weighted by Gasteiger charge is 2.25. The van der Waals surface area contributed by atoms with Gasteiger partial charge in [0, 0.05) is 19.2 Å². The molecule has 0 spiro atoms. The van der Waals surface area contributed by atoms with E-state index < -0.39 is 5.60 Å². The van der Waals surface area contributed by atoms with Crippen molar-refractivity contribution in [3.8, 4) is 0 Å². The lowest BCUT2D eigenvalue weighted by Gasteiger charge is -2.23. The van der Waals surface area contributed by atoms with Gasteiger partial charge in [-0.15, -0.1) is 0 Å². The average molecular weight is 283 g/mol. The average Bonchev–Trinajstić information content (AvgIpc) is 2.59. The fourth-order valence-electron chi connectivity index (χ4n) is 2.23. The molecule has 1 unspecified atom stereocenters. The van der Waals surface area contributed by atoms with Gasteiger partial charge in [0.1, 0.15) is 11.6 Å². The van der Waals surface area contributed by atoms with Gasteiger partial charge in [-0.25, -0.2) is 15.8 Å². The smallest absolute Gasteiger partial charge is 0.191 e. The standard InChI is InChI=1S/C12H21N5OS/c1-12(18)4-3-6-17(7-5-12)10-8-9(16-13)14-11(15-10)19-2/h8,18H,3-7,13H2,1-2H3,(H,14,15,16). The number of nitrogens with two attached hydrogens (primary N) is 1. The van der Waals surface area contributed by atoms with Crippen molar-refractivity contribution in [2.45, 2.75) is 36.9 Å². The number of aliphatic hydroxyl groups is 1. The minimum atomic E-state index is -0.570. The molecule has 2 heterocycles. The van der Waals surface area contributed by atoms with Gasteiger partial charge in [-0.3, -0.25) is 0 Å². The molecular formula is C12H21N5OS. The van der Waals surface area contributed by atoms with Crippen LogP contribution in [0.4, 0.5) is 11.6 Å². The lowest BCUT2D eigenvalue weighted by molar-refractivity contribution is 0.0481. The largest absolute Gasteiger partial charge is 0.390 e. The van der Waals surface area contributed by atoms with Crippen molar-refractivity contribution >= 4 is 23.4 Å². The minimum absolute atomic E-state index is 0.570. The molecule has 4 N–H and O–H groups in total. The van der Waals surface area contributed by atoms with Crippen molar-refractivity contribution < 1.29 is 5.11 Å². The predicted octanol–water partition coefficient (Wildman–Crippen LogP) is 1.23. The summed E-state index contributed by atoms with van der Waals surface area (Å²) in [6.07, 6.45) is 4.46. The number of nitrogen functional groups attached to an aromatic ring is 1. The maximum Gasteiger partial charge on any atom is 0.191 e. The molecule has 1 aliphatic rings. The van der Waals surface area contributed by atoms with Gasteiger partial charge in [0.05, 0.1) is 5.60 Å². The van der Waals surface area contributed by atoms with Crippen LogP contribution >= 0.6 is 11.8 Å². The Morgan fingerprint density at radius 2 is 2.21 bits per heavy atom. The van der Waals surface area contributed by atoms with Crippen LogP contribution in [-0.2, 0) is 0 Å². The van der Waals surface area contributed by atoms with E-state index in [0.717, 1.165) is 38.2 Å². The summed E-state index contributed by atoms with van der Waals surface area (Å²) in [6, 6.07) is 1.85. The highest BCUT2D eigenvalue weighted by Crippen LogP contribution is 2.26. The summed E-state index contributed by atoms with van der Waals surface area (Å²) in [5.41, 5.74) is 2.00. The topological polar surface area (TPSA) is 87.3 Å². The van der Waals surface area contributed by atoms with Crippen LogP contribution < -0.4 is 16.2 Å². The molecule has 0 bridgehead atoms. The summed E-state index contributed by atoms with van der Waals surface area (Å²) in [5.74, 6) is 6.92. The molecule has 0 aromatic carbocycles. The summed E-state index contributed by atoms with van der Waals surface area (Å²) >= 11 is 1.49. The lowest BCUT2D eigenvalue weighted by atomic mass is 9.98. The fraction of sp³-hybridized carbons (Fsp3) is 0.667. The van der Waals surface area contributed by atoms with Crippen LogP contribution in [0.5, 0.6) is 0 Å². The van der Waals surface area contributed by atoms with Crippen LogP contribution in [0, 0.1) is 0 Å². The van der Waals surface area contributed by atoms with Crippen LogP contribution in [0.15, 0.2) is 11.2 Å². The molecule has 1 aromatic rings. The number of hydrazine groups is 1. The molecule has 0 radical (unpaired) electrons. The molecule has 0 saturated carbocycles. The van der Waals surface area contributed by atoms with Gasteiger partial charge in [-0.1, -0.05) is 11.8 Å². The Kier molecular flexibility index (Phi) is 4.49. The van der Waals surface area contributed by atoms with E-state index in [0.29, 0.717) is 11.0 Å². The van der Waals surface area contributed by atoms with Gasteiger partial charge in [0.25, 0.3) is 0 Å². The van der Waals surface area contributed by atoms with E-state index >= 15 is 0 Å². The molecule has 6 nitrogen and oxygen atoms in total. The van der Waals surface area contributed by atoms with Crippen LogP contribution in [0.1, 0.15) is 26.2 Å². The first-order valence-corrected chi connectivity index (χ1v) is 7.63. The zero-order valence-corrected chi connectivity index (χ0v) is 12.2. The molecule has 0 aliphatic carbocycles. The van der Waals surface area contributed by atoms with Gasteiger partial charge in [-0.05, 0) is 32.4 Å². The number of anilines is 2. The second-order valence-corrected chi connectivity index (χ2v) is 5.85. The third kappa shape index (κ3) is 3.71. The van der Waals surface area contributed by atoms with Crippen molar-refractivity contribution in [1.82, 2.24) is 9.97 Å². The summed E-state index contributed by atoms with van der Waals surface area (Å²) in [4.78, 5) is 11.0. The van der Waals surface area contributed by atoms with Crippen molar-refractivity contribution in [3.05, 3.63) is 6.07 Å². The first-order chi connectivity index (χ1) is 9.04. The molecule has 7 heteroatoms. The molecule has 0 amide bonds.